The molecule has 0 amide bonds. The van der Waals surface area contributed by atoms with Crippen LogP contribution < -0.4 is 0 Å². The van der Waals surface area contributed by atoms with Crippen molar-refractivity contribution in [3.63, 3.8) is 0 Å². The Balaban J connectivity index is 3.61. The molecule has 0 fully saturated rings. The Morgan fingerprint density at radius 1 is 0.407 bits per heavy atom. The Morgan fingerprint density at radius 3 is 1.11 bits per heavy atom. The van der Waals surface area contributed by atoms with Crippen LogP contribution in [0.2, 0.25) is 12.1 Å². The molecule has 0 aliphatic heterocycles. The van der Waals surface area contributed by atoms with Crippen LogP contribution in [0.4, 0.5) is 0 Å². The molecule has 27 heavy (non-hydrogen) atoms. The molecular weight excluding hydrogens is 348 g/mol. The Bertz CT molecular complexity index is 278. The Hall–Kier alpha value is 0.137. The van der Waals surface area contributed by atoms with Crippen LogP contribution in [0.3, 0.4) is 0 Å². The molecule has 0 N–H and O–H groups in total. The van der Waals surface area contributed by atoms with Gasteiger partial charge in [0.1, 0.15) is 0 Å². The van der Waals surface area contributed by atoms with Gasteiger partial charge in [-0.3, -0.25) is 0 Å². The van der Waals surface area contributed by atoms with Crippen LogP contribution >= 0.6 is 0 Å². The molecule has 0 radical (unpaired) electrons. The predicted molar refractivity (Wildman–Crippen MR) is 124 cm³/mol. The molecule has 164 valence electrons. The Morgan fingerprint density at radius 2 is 0.741 bits per heavy atom. The molecule has 0 saturated carbocycles. The van der Waals surface area contributed by atoms with E-state index in [2.05, 4.69) is 27.7 Å². The van der Waals surface area contributed by atoms with E-state index < -0.39 is 8.56 Å². The maximum Gasteiger partial charge on any atom is 0.338 e. The number of unbranched alkanes of at least 4 members (excludes halogenated alkanes) is 14. The predicted octanol–water partition coefficient (Wildman–Crippen LogP) is 8.78. The van der Waals surface area contributed by atoms with Crippen molar-refractivity contribution in [2.45, 2.75) is 143 Å². The fraction of sp³-hybridized carbons (Fsp3) is 1.00. The highest BCUT2D eigenvalue weighted by Gasteiger charge is 2.35. The molecule has 2 nitrogen and oxygen atoms in total. The average molecular weight is 401 g/mol. The van der Waals surface area contributed by atoms with Crippen molar-refractivity contribution >= 4 is 8.56 Å². The van der Waals surface area contributed by atoms with E-state index in [4.69, 9.17) is 8.85 Å². The molecule has 0 aliphatic carbocycles. The first-order valence-corrected chi connectivity index (χ1v) is 14.8. The minimum absolute atomic E-state index is 0.814. The summed E-state index contributed by atoms with van der Waals surface area (Å²) < 4.78 is 12.4. The largest absolute Gasteiger partial charge is 0.394 e. The molecular formula is C24H52O2Si. The standard InChI is InChI=1S/C24H52O2Si/c1-5-9-11-12-13-14-15-16-17-18-19-20-21-22-24-27(25-7-3,26-8-4)23-10-6-2/h5-24H2,1-4H3. The van der Waals surface area contributed by atoms with Crippen LogP contribution in [-0.2, 0) is 8.85 Å². The average Bonchev–Trinajstić information content (AvgIpc) is 2.67. The highest BCUT2D eigenvalue weighted by atomic mass is 28.4. The van der Waals surface area contributed by atoms with Crippen molar-refractivity contribution in [3.8, 4) is 0 Å². The van der Waals surface area contributed by atoms with Gasteiger partial charge >= 0.3 is 8.56 Å². The van der Waals surface area contributed by atoms with Gasteiger partial charge in [-0.25, -0.2) is 0 Å². The van der Waals surface area contributed by atoms with Gasteiger partial charge in [0.25, 0.3) is 0 Å². The zero-order valence-electron chi connectivity index (χ0n) is 19.5. The van der Waals surface area contributed by atoms with E-state index >= 15 is 0 Å². The maximum absolute atomic E-state index is 6.20. The third-order valence-electron chi connectivity index (χ3n) is 5.64. The SMILES string of the molecule is CCCCCCCCCCCCCCCC[Si](CCCC)(OCC)OCC. The van der Waals surface area contributed by atoms with E-state index in [0.717, 1.165) is 13.2 Å². The minimum atomic E-state index is -1.92. The van der Waals surface area contributed by atoms with Crippen LogP contribution in [0.1, 0.15) is 130 Å². The molecule has 0 aromatic carbocycles. The second-order valence-corrected chi connectivity index (χ2v) is 11.6. The first-order valence-electron chi connectivity index (χ1n) is 12.5. The minimum Gasteiger partial charge on any atom is -0.394 e. The smallest absolute Gasteiger partial charge is 0.338 e. The van der Waals surface area contributed by atoms with Crippen LogP contribution in [-0.4, -0.2) is 21.8 Å². The maximum atomic E-state index is 6.20. The molecule has 0 aliphatic rings. The molecule has 0 bridgehead atoms. The fourth-order valence-electron chi connectivity index (χ4n) is 4.02. The van der Waals surface area contributed by atoms with Gasteiger partial charge in [0.2, 0.25) is 0 Å². The summed E-state index contributed by atoms with van der Waals surface area (Å²) in [5.41, 5.74) is 0. The summed E-state index contributed by atoms with van der Waals surface area (Å²) in [5, 5.41) is 0. The van der Waals surface area contributed by atoms with Gasteiger partial charge in [-0.15, -0.1) is 0 Å². The number of hydrogen-bond acceptors (Lipinski definition) is 2. The van der Waals surface area contributed by atoms with E-state index in [1.54, 1.807) is 0 Å². The van der Waals surface area contributed by atoms with Crippen LogP contribution in [0.5, 0.6) is 0 Å². The topological polar surface area (TPSA) is 18.5 Å². The summed E-state index contributed by atoms with van der Waals surface area (Å²) in [6.45, 7) is 10.4. The van der Waals surface area contributed by atoms with Gasteiger partial charge < -0.3 is 8.85 Å². The summed E-state index contributed by atoms with van der Waals surface area (Å²) >= 11 is 0. The molecule has 0 rings (SSSR count). The summed E-state index contributed by atoms with van der Waals surface area (Å²) in [6, 6.07) is 2.39. The first kappa shape index (κ1) is 27.1. The van der Waals surface area contributed by atoms with Gasteiger partial charge in [-0.2, -0.15) is 0 Å². The Kier molecular flexibility index (Phi) is 21.0. The highest BCUT2D eigenvalue weighted by molar-refractivity contribution is 6.67. The van der Waals surface area contributed by atoms with Gasteiger partial charge in [0.05, 0.1) is 0 Å². The van der Waals surface area contributed by atoms with Gasteiger partial charge in [0, 0.05) is 13.2 Å². The van der Waals surface area contributed by atoms with E-state index in [-0.39, 0.29) is 0 Å². The second-order valence-electron chi connectivity index (χ2n) is 8.23. The monoisotopic (exact) mass is 400 g/mol. The van der Waals surface area contributed by atoms with Crippen molar-refractivity contribution in [1.82, 2.24) is 0 Å². The summed E-state index contributed by atoms with van der Waals surface area (Å²) in [4.78, 5) is 0. The van der Waals surface area contributed by atoms with E-state index in [9.17, 15) is 0 Å². The van der Waals surface area contributed by atoms with Crippen molar-refractivity contribution < 1.29 is 8.85 Å². The zero-order valence-corrected chi connectivity index (χ0v) is 20.5. The molecule has 0 unspecified atom stereocenters. The van der Waals surface area contributed by atoms with Gasteiger partial charge in [0.15, 0.2) is 0 Å². The normalized spacial score (nSPS) is 12.0. The van der Waals surface area contributed by atoms with Crippen LogP contribution in [0, 0.1) is 0 Å². The van der Waals surface area contributed by atoms with Crippen molar-refractivity contribution in [2.75, 3.05) is 13.2 Å². The molecule has 0 spiro atoms. The molecule has 0 saturated heterocycles. The van der Waals surface area contributed by atoms with E-state index in [1.165, 1.54) is 115 Å². The summed E-state index contributed by atoms with van der Waals surface area (Å²) in [6.07, 6.45) is 22.4. The van der Waals surface area contributed by atoms with Crippen molar-refractivity contribution in [3.05, 3.63) is 0 Å². The Labute approximate surface area is 173 Å². The van der Waals surface area contributed by atoms with Crippen molar-refractivity contribution in [2.24, 2.45) is 0 Å². The third-order valence-corrected chi connectivity index (χ3v) is 9.50. The lowest BCUT2D eigenvalue weighted by atomic mass is 10.0. The van der Waals surface area contributed by atoms with Crippen molar-refractivity contribution in [1.29, 1.82) is 0 Å². The summed E-state index contributed by atoms with van der Waals surface area (Å²) in [5.74, 6) is 0. The lowest BCUT2D eigenvalue weighted by Gasteiger charge is -2.30. The highest BCUT2D eigenvalue weighted by Crippen LogP contribution is 2.25. The molecule has 3 heteroatoms. The van der Waals surface area contributed by atoms with E-state index in [1.807, 2.05) is 0 Å². The van der Waals surface area contributed by atoms with E-state index in [0.29, 0.717) is 0 Å². The van der Waals surface area contributed by atoms with Gasteiger partial charge in [-0.05, 0) is 25.9 Å². The van der Waals surface area contributed by atoms with Gasteiger partial charge in [-0.1, -0.05) is 117 Å². The number of rotatable bonds is 22. The lowest BCUT2D eigenvalue weighted by Crippen LogP contribution is -2.42. The first-order chi connectivity index (χ1) is 13.2. The fourth-order valence-corrected chi connectivity index (χ4v) is 7.66. The summed E-state index contributed by atoms with van der Waals surface area (Å²) in [7, 11) is -1.92. The zero-order chi connectivity index (χ0) is 20.1. The third kappa shape index (κ3) is 16.8. The number of hydrogen-bond donors (Lipinski definition) is 0. The molecule has 0 aromatic heterocycles. The molecule has 0 heterocycles. The second kappa shape index (κ2) is 20.9. The lowest BCUT2D eigenvalue weighted by molar-refractivity contribution is 0.180. The quantitative estimate of drug-likeness (QED) is 0.133. The van der Waals surface area contributed by atoms with Crippen LogP contribution in [0.25, 0.3) is 0 Å². The molecule has 0 aromatic rings. The van der Waals surface area contributed by atoms with Crippen LogP contribution in [0.15, 0.2) is 0 Å². The molecule has 0 atom stereocenters.